The van der Waals surface area contributed by atoms with Gasteiger partial charge in [-0.25, -0.2) is 0 Å². The number of piperazine rings is 1. The molecule has 0 saturated carbocycles. The molecular formula is C16H24N2O2. The Morgan fingerprint density at radius 2 is 1.85 bits per heavy atom. The molecule has 1 N–H and O–H groups in total. The van der Waals surface area contributed by atoms with E-state index in [1.807, 2.05) is 30.9 Å². The first-order valence-corrected chi connectivity index (χ1v) is 7.37. The summed E-state index contributed by atoms with van der Waals surface area (Å²) in [5.74, 6) is 1.00. The van der Waals surface area contributed by atoms with Crippen LogP contribution >= 0.6 is 0 Å². The molecule has 110 valence electrons. The number of aryl methyl sites for hydroxylation is 2. The van der Waals surface area contributed by atoms with E-state index in [2.05, 4.69) is 12.2 Å². The van der Waals surface area contributed by atoms with E-state index in [-0.39, 0.29) is 5.91 Å². The van der Waals surface area contributed by atoms with Crippen LogP contribution in [-0.4, -0.2) is 43.6 Å². The third-order valence-electron chi connectivity index (χ3n) is 3.60. The highest BCUT2D eigenvalue weighted by Gasteiger charge is 2.21. The minimum absolute atomic E-state index is 0.142. The van der Waals surface area contributed by atoms with Crippen molar-refractivity contribution in [2.75, 3.05) is 32.8 Å². The summed E-state index contributed by atoms with van der Waals surface area (Å²) in [5, 5.41) is 3.27. The van der Waals surface area contributed by atoms with Gasteiger partial charge in [-0.3, -0.25) is 4.79 Å². The number of hydrogen-bond acceptors (Lipinski definition) is 3. The summed E-state index contributed by atoms with van der Waals surface area (Å²) in [7, 11) is 0. The zero-order valence-electron chi connectivity index (χ0n) is 12.7. The lowest BCUT2D eigenvalue weighted by Gasteiger charge is -2.28. The summed E-state index contributed by atoms with van der Waals surface area (Å²) in [6, 6.07) is 3.94. The van der Waals surface area contributed by atoms with Crippen molar-refractivity contribution in [3.8, 4) is 5.75 Å². The van der Waals surface area contributed by atoms with Crippen LogP contribution in [0.4, 0.5) is 0 Å². The number of ether oxygens (including phenoxy) is 1. The number of benzene rings is 1. The summed E-state index contributed by atoms with van der Waals surface area (Å²) in [6.07, 6.45) is 0.986. The maximum Gasteiger partial charge on any atom is 0.254 e. The van der Waals surface area contributed by atoms with Crippen molar-refractivity contribution < 1.29 is 9.53 Å². The second-order valence-electron chi connectivity index (χ2n) is 5.32. The van der Waals surface area contributed by atoms with E-state index in [0.717, 1.165) is 55.0 Å². The van der Waals surface area contributed by atoms with Crippen molar-refractivity contribution in [1.29, 1.82) is 0 Å². The van der Waals surface area contributed by atoms with Gasteiger partial charge in [0.25, 0.3) is 5.91 Å². The highest BCUT2D eigenvalue weighted by Crippen LogP contribution is 2.23. The molecule has 0 atom stereocenters. The van der Waals surface area contributed by atoms with E-state index in [0.29, 0.717) is 6.61 Å². The number of hydrogen-bond donors (Lipinski definition) is 1. The molecule has 1 aliphatic rings. The van der Waals surface area contributed by atoms with Gasteiger partial charge in [-0.1, -0.05) is 6.92 Å². The topological polar surface area (TPSA) is 41.6 Å². The molecule has 0 bridgehead atoms. The van der Waals surface area contributed by atoms with Crippen LogP contribution in [0.2, 0.25) is 0 Å². The second kappa shape index (κ2) is 6.75. The molecule has 1 heterocycles. The molecule has 1 amide bonds. The zero-order valence-corrected chi connectivity index (χ0v) is 12.7. The Bertz CT molecular complexity index is 456. The van der Waals surface area contributed by atoms with Crippen LogP contribution in [0.15, 0.2) is 12.1 Å². The normalized spacial score (nSPS) is 15.2. The molecule has 4 heteroatoms. The lowest BCUT2D eigenvalue weighted by molar-refractivity contribution is 0.0734. The first kappa shape index (κ1) is 14.9. The van der Waals surface area contributed by atoms with Crippen molar-refractivity contribution in [1.82, 2.24) is 10.2 Å². The summed E-state index contributed by atoms with van der Waals surface area (Å²) >= 11 is 0. The van der Waals surface area contributed by atoms with E-state index in [1.165, 1.54) is 0 Å². The molecule has 0 aromatic heterocycles. The van der Waals surface area contributed by atoms with Gasteiger partial charge in [0.15, 0.2) is 0 Å². The van der Waals surface area contributed by atoms with E-state index in [1.54, 1.807) is 0 Å². The molecule has 4 nitrogen and oxygen atoms in total. The van der Waals surface area contributed by atoms with Crippen molar-refractivity contribution in [2.45, 2.75) is 27.2 Å². The van der Waals surface area contributed by atoms with Crippen molar-refractivity contribution in [2.24, 2.45) is 0 Å². The van der Waals surface area contributed by atoms with Gasteiger partial charge in [-0.2, -0.15) is 0 Å². The minimum Gasteiger partial charge on any atom is -0.494 e. The van der Waals surface area contributed by atoms with Gasteiger partial charge in [0.2, 0.25) is 0 Å². The number of carbonyl (C=O) groups excluding carboxylic acids is 1. The van der Waals surface area contributed by atoms with E-state index < -0.39 is 0 Å². The van der Waals surface area contributed by atoms with E-state index in [4.69, 9.17) is 4.74 Å². The Hall–Kier alpha value is -1.55. The third kappa shape index (κ3) is 3.31. The Morgan fingerprint density at radius 1 is 1.25 bits per heavy atom. The maximum atomic E-state index is 12.6. The lowest BCUT2D eigenvalue weighted by Crippen LogP contribution is -2.46. The van der Waals surface area contributed by atoms with Crippen molar-refractivity contribution in [3.05, 3.63) is 28.8 Å². The predicted octanol–water partition coefficient (Wildman–Crippen LogP) is 2.14. The molecule has 1 fully saturated rings. The van der Waals surface area contributed by atoms with Gasteiger partial charge in [-0.05, 0) is 43.5 Å². The number of carbonyl (C=O) groups is 1. The van der Waals surface area contributed by atoms with Gasteiger partial charge in [0.1, 0.15) is 5.75 Å². The molecule has 1 saturated heterocycles. The highest BCUT2D eigenvalue weighted by molar-refractivity contribution is 5.97. The fourth-order valence-corrected chi connectivity index (χ4v) is 2.59. The summed E-state index contributed by atoms with van der Waals surface area (Å²) < 4.78 is 5.66. The molecule has 1 aliphatic heterocycles. The summed E-state index contributed by atoms with van der Waals surface area (Å²) in [5.41, 5.74) is 2.83. The standard InChI is InChI=1S/C16H24N2O2/c1-4-9-20-14-10-12(2)15(13(3)11-14)16(19)18-7-5-17-6-8-18/h10-11,17H,4-9H2,1-3H3. The average molecular weight is 276 g/mol. The van der Waals surface area contributed by atoms with E-state index >= 15 is 0 Å². The fraction of sp³-hybridized carbons (Fsp3) is 0.562. The van der Waals surface area contributed by atoms with Gasteiger partial charge in [-0.15, -0.1) is 0 Å². The van der Waals surface area contributed by atoms with Crippen LogP contribution in [0.5, 0.6) is 5.75 Å². The van der Waals surface area contributed by atoms with Crippen LogP contribution in [0.3, 0.4) is 0 Å². The van der Waals surface area contributed by atoms with Gasteiger partial charge >= 0.3 is 0 Å². The van der Waals surface area contributed by atoms with Crippen LogP contribution in [0, 0.1) is 13.8 Å². The molecule has 0 unspecified atom stereocenters. The monoisotopic (exact) mass is 276 g/mol. The molecule has 20 heavy (non-hydrogen) atoms. The molecule has 1 aromatic carbocycles. The number of nitrogens with one attached hydrogen (secondary N) is 1. The quantitative estimate of drug-likeness (QED) is 0.916. The van der Waals surface area contributed by atoms with Gasteiger partial charge in [0, 0.05) is 31.7 Å². The molecule has 0 spiro atoms. The largest absolute Gasteiger partial charge is 0.494 e. The Kier molecular flexibility index (Phi) is 5.01. The van der Waals surface area contributed by atoms with Gasteiger partial charge < -0.3 is 15.0 Å². The number of nitrogens with zero attached hydrogens (tertiary/aromatic N) is 1. The molecule has 0 aliphatic carbocycles. The van der Waals surface area contributed by atoms with Crippen LogP contribution in [0.1, 0.15) is 34.8 Å². The molecule has 2 rings (SSSR count). The first-order chi connectivity index (χ1) is 9.63. The lowest BCUT2D eigenvalue weighted by atomic mass is 10.0. The fourth-order valence-electron chi connectivity index (χ4n) is 2.59. The SMILES string of the molecule is CCCOc1cc(C)c(C(=O)N2CCNCC2)c(C)c1. The Balaban J connectivity index is 2.20. The third-order valence-corrected chi connectivity index (χ3v) is 3.60. The number of rotatable bonds is 4. The van der Waals surface area contributed by atoms with E-state index in [9.17, 15) is 4.79 Å². The maximum absolute atomic E-state index is 12.6. The molecule has 0 radical (unpaired) electrons. The predicted molar refractivity (Wildman–Crippen MR) is 80.5 cm³/mol. The molecular weight excluding hydrogens is 252 g/mol. The van der Waals surface area contributed by atoms with Crippen molar-refractivity contribution >= 4 is 5.91 Å². The van der Waals surface area contributed by atoms with Crippen molar-refractivity contribution in [3.63, 3.8) is 0 Å². The first-order valence-electron chi connectivity index (χ1n) is 7.37. The van der Waals surface area contributed by atoms with Crippen LogP contribution < -0.4 is 10.1 Å². The van der Waals surface area contributed by atoms with Gasteiger partial charge in [0.05, 0.1) is 6.61 Å². The average Bonchev–Trinajstić information content (AvgIpc) is 2.45. The highest BCUT2D eigenvalue weighted by atomic mass is 16.5. The smallest absolute Gasteiger partial charge is 0.254 e. The minimum atomic E-state index is 0.142. The van der Waals surface area contributed by atoms with Crippen LogP contribution in [-0.2, 0) is 0 Å². The Labute approximate surface area is 121 Å². The zero-order chi connectivity index (χ0) is 14.5. The second-order valence-corrected chi connectivity index (χ2v) is 5.32. The summed E-state index contributed by atoms with van der Waals surface area (Å²) in [4.78, 5) is 14.6. The Morgan fingerprint density at radius 3 is 2.40 bits per heavy atom. The number of amides is 1. The summed E-state index contributed by atoms with van der Waals surface area (Å²) in [6.45, 7) is 10.1. The van der Waals surface area contributed by atoms with Crippen LogP contribution in [0.25, 0.3) is 0 Å². The molecule has 1 aromatic rings.